The second-order valence-electron chi connectivity index (χ2n) is 6.28. The van der Waals surface area contributed by atoms with Gasteiger partial charge in [-0.2, -0.15) is 4.72 Å². The maximum absolute atomic E-state index is 12.7. The maximum Gasteiger partial charge on any atom is 0.241 e. The maximum atomic E-state index is 12.7. The largest absolute Gasteiger partial charge is 0.378 e. The Morgan fingerprint density at radius 1 is 1.21 bits per heavy atom. The van der Waals surface area contributed by atoms with Gasteiger partial charge in [0.2, 0.25) is 15.9 Å². The van der Waals surface area contributed by atoms with E-state index in [4.69, 9.17) is 4.74 Å². The fraction of sp³-hybridized carbons (Fsp3) is 0.588. The Morgan fingerprint density at radius 2 is 1.79 bits per heavy atom. The highest BCUT2D eigenvalue weighted by atomic mass is 32.2. The molecule has 1 atom stereocenters. The van der Waals surface area contributed by atoms with Crippen LogP contribution >= 0.6 is 0 Å². The van der Waals surface area contributed by atoms with Crippen molar-refractivity contribution in [2.45, 2.75) is 38.1 Å². The van der Waals surface area contributed by atoms with Gasteiger partial charge >= 0.3 is 0 Å². The van der Waals surface area contributed by atoms with Crippen molar-refractivity contribution in [1.82, 2.24) is 9.62 Å². The second-order valence-corrected chi connectivity index (χ2v) is 7.99. The van der Waals surface area contributed by atoms with E-state index in [-0.39, 0.29) is 16.7 Å². The van der Waals surface area contributed by atoms with Gasteiger partial charge in [-0.15, -0.1) is 0 Å². The fourth-order valence-corrected chi connectivity index (χ4v) is 3.93. The molecule has 0 saturated carbocycles. The standard InChI is InChI=1S/C17H26N2O4S/c1-4-14-5-7-15(8-6-14)24(21,22)18-16(13(2)3)17(20)19-9-11-23-12-10-19/h5-8,13,16,18H,4,9-12H2,1-3H3/t16-/m1/s1. The Bertz CT molecular complexity index is 650. The molecule has 0 spiro atoms. The molecular formula is C17H26N2O4S. The van der Waals surface area contributed by atoms with Crippen molar-refractivity contribution < 1.29 is 17.9 Å². The molecule has 0 unspecified atom stereocenters. The van der Waals surface area contributed by atoms with Gasteiger partial charge in [0.25, 0.3) is 0 Å². The predicted molar refractivity (Wildman–Crippen MR) is 92.2 cm³/mol. The van der Waals surface area contributed by atoms with E-state index in [9.17, 15) is 13.2 Å². The predicted octanol–water partition coefficient (Wildman–Crippen LogP) is 1.41. The van der Waals surface area contributed by atoms with Crippen molar-refractivity contribution in [3.8, 4) is 0 Å². The Morgan fingerprint density at radius 3 is 2.29 bits per heavy atom. The van der Waals surface area contributed by atoms with Crippen molar-refractivity contribution in [1.29, 1.82) is 0 Å². The van der Waals surface area contributed by atoms with Crippen LogP contribution < -0.4 is 4.72 Å². The first-order valence-corrected chi connectivity index (χ1v) is 9.81. The quantitative estimate of drug-likeness (QED) is 0.838. The van der Waals surface area contributed by atoms with Crippen LogP contribution in [-0.4, -0.2) is 51.6 Å². The monoisotopic (exact) mass is 354 g/mol. The number of sulfonamides is 1. The number of nitrogens with one attached hydrogen (secondary N) is 1. The fourth-order valence-electron chi connectivity index (χ4n) is 2.59. The summed E-state index contributed by atoms with van der Waals surface area (Å²) in [7, 11) is -3.74. The van der Waals surface area contributed by atoms with Crippen molar-refractivity contribution in [2.75, 3.05) is 26.3 Å². The molecule has 134 valence electrons. The summed E-state index contributed by atoms with van der Waals surface area (Å²) in [6.45, 7) is 7.66. The molecule has 6 nitrogen and oxygen atoms in total. The van der Waals surface area contributed by atoms with Gasteiger partial charge in [-0.3, -0.25) is 4.79 Å². The summed E-state index contributed by atoms with van der Waals surface area (Å²) < 4.78 is 33.1. The number of benzene rings is 1. The summed E-state index contributed by atoms with van der Waals surface area (Å²) in [6, 6.07) is 5.97. The molecule has 7 heteroatoms. The third-order valence-electron chi connectivity index (χ3n) is 4.18. The number of rotatable bonds is 6. The van der Waals surface area contributed by atoms with Crippen LogP contribution in [0.4, 0.5) is 0 Å². The van der Waals surface area contributed by atoms with Crippen molar-refractivity contribution >= 4 is 15.9 Å². The summed E-state index contributed by atoms with van der Waals surface area (Å²) in [5.74, 6) is -0.341. The number of amides is 1. The van der Waals surface area contributed by atoms with Crippen LogP contribution in [0.15, 0.2) is 29.2 Å². The number of morpholine rings is 1. The van der Waals surface area contributed by atoms with Crippen molar-refractivity contribution in [3.05, 3.63) is 29.8 Å². The van der Waals surface area contributed by atoms with E-state index in [2.05, 4.69) is 4.72 Å². The molecule has 1 N–H and O–H groups in total. The molecule has 0 aromatic heterocycles. The minimum atomic E-state index is -3.74. The summed E-state index contributed by atoms with van der Waals surface area (Å²) in [4.78, 5) is 14.5. The molecule has 0 aliphatic carbocycles. The zero-order valence-electron chi connectivity index (χ0n) is 14.5. The second kappa shape index (κ2) is 8.09. The zero-order chi connectivity index (χ0) is 17.7. The number of aryl methyl sites for hydroxylation is 1. The molecule has 1 aliphatic heterocycles. The summed E-state index contributed by atoms with van der Waals surface area (Å²) in [6.07, 6.45) is 0.845. The highest BCUT2D eigenvalue weighted by Crippen LogP contribution is 2.15. The normalized spacial score (nSPS) is 17.1. The Kier molecular flexibility index (Phi) is 6.37. The van der Waals surface area contributed by atoms with Gasteiger partial charge in [-0.05, 0) is 30.0 Å². The highest BCUT2D eigenvalue weighted by molar-refractivity contribution is 7.89. The van der Waals surface area contributed by atoms with Crippen LogP contribution in [0, 0.1) is 5.92 Å². The Balaban J connectivity index is 2.17. The first-order chi connectivity index (χ1) is 11.3. The van der Waals surface area contributed by atoms with Gasteiger partial charge in [0.05, 0.1) is 18.1 Å². The highest BCUT2D eigenvalue weighted by Gasteiger charge is 2.32. The van der Waals surface area contributed by atoms with E-state index in [1.54, 1.807) is 29.2 Å². The lowest BCUT2D eigenvalue weighted by Gasteiger charge is -2.32. The van der Waals surface area contributed by atoms with E-state index in [1.165, 1.54) is 0 Å². The molecule has 1 fully saturated rings. The zero-order valence-corrected chi connectivity index (χ0v) is 15.3. The van der Waals surface area contributed by atoms with Crippen molar-refractivity contribution in [2.24, 2.45) is 5.92 Å². The molecule has 1 amide bonds. The number of hydrogen-bond donors (Lipinski definition) is 1. The molecule has 1 aliphatic rings. The summed E-state index contributed by atoms with van der Waals surface area (Å²) >= 11 is 0. The topological polar surface area (TPSA) is 75.7 Å². The van der Waals surface area contributed by atoms with E-state index < -0.39 is 16.1 Å². The molecule has 24 heavy (non-hydrogen) atoms. The average molecular weight is 354 g/mol. The molecular weight excluding hydrogens is 328 g/mol. The lowest BCUT2D eigenvalue weighted by atomic mass is 10.0. The minimum absolute atomic E-state index is 0.148. The van der Waals surface area contributed by atoms with Crippen LogP contribution in [0.25, 0.3) is 0 Å². The third kappa shape index (κ3) is 4.55. The van der Waals surface area contributed by atoms with E-state index >= 15 is 0 Å². The molecule has 0 radical (unpaired) electrons. The van der Waals surface area contributed by atoms with Crippen LogP contribution in [0.1, 0.15) is 26.3 Å². The molecule has 2 rings (SSSR count). The molecule has 1 aromatic carbocycles. The summed E-state index contributed by atoms with van der Waals surface area (Å²) in [5.41, 5.74) is 1.07. The third-order valence-corrected chi connectivity index (χ3v) is 5.64. The average Bonchev–Trinajstić information content (AvgIpc) is 2.59. The number of hydrogen-bond acceptors (Lipinski definition) is 4. The molecule has 1 aromatic rings. The van der Waals surface area contributed by atoms with Gasteiger partial charge in [-0.1, -0.05) is 32.9 Å². The number of nitrogens with zero attached hydrogens (tertiary/aromatic N) is 1. The van der Waals surface area contributed by atoms with E-state index in [1.807, 2.05) is 20.8 Å². The van der Waals surface area contributed by atoms with Gasteiger partial charge in [0.1, 0.15) is 6.04 Å². The lowest BCUT2D eigenvalue weighted by molar-refractivity contribution is -0.138. The number of carbonyl (C=O) groups is 1. The molecule has 1 saturated heterocycles. The molecule has 1 heterocycles. The SMILES string of the molecule is CCc1ccc(S(=O)(=O)N[C@@H](C(=O)N2CCOCC2)C(C)C)cc1. The number of ether oxygens (including phenoxy) is 1. The lowest BCUT2D eigenvalue weighted by Crippen LogP contribution is -2.53. The van der Waals surface area contributed by atoms with Gasteiger partial charge in [0, 0.05) is 13.1 Å². The first kappa shape index (κ1) is 18.9. The summed E-state index contributed by atoms with van der Waals surface area (Å²) in [5, 5.41) is 0. The van der Waals surface area contributed by atoms with Crippen LogP contribution in [0.2, 0.25) is 0 Å². The van der Waals surface area contributed by atoms with Crippen LogP contribution in [0.3, 0.4) is 0 Å². The first-order valence-electron chi connectivity index (χ1n) is 8.33. The van der Waals surface area contributed by atoms with Crippen LogP contribution in [0.5, 0.6) is 0 Å². The van der Waals surface area contributed by atoms with Crippen LogP contribution in [-0.2, 0) is 26.0 Å². The smallest absolute Gasteiger partial charge is 0.241 e. The molecule has 0 bridgehead atoms. The van der Waals surface area contributed by atoms with Gasteiger partial charge in [0.15, 0.2) is 0 Å². The number of carbonyl (C=O) groups excluding carboxylic acids is 1. The van der Waals surface area contributed by atoms with E-state index in [0.29, 0.717) is 26.3 Å². The van der Waals surface area contributed by atoms with Gasteiger partial charge < -0.3 is 9.64 Å². The Hall–Kier alpha value is -1.44. The van der Waals surface area contributed by atoms with Crippen molar-refractivity contribution in [3.63, 3.8) is 0 Å². The Labute approximate surface area is 144 Å². The minimum Gasteiger partial charge on any atom is -0.378 e. The van der Waals surface area contributed by atoms with E-state index in [0.717, 1.165) is 12.0 Å². The van der Waals surface area contributed by atoms with Gasteiger partial charge in [-0.25, -0.2) is 8.42 Å².